The van der Waals surface area contributed by atoms with Gasteiger partial charge < -0.3 is 24.6 Å². The van der Waals surface area contributed by atoms with Crippen LogP contribution in [0.25, 0.3) is 10.9 Å². The van der Waals surface area contributed by atoms with Gasteiger partial charge in [-0.2, -0.15) is 5.10 Å². The number of aromatic amines is 1. The van der Waals surface area contributed by atoms with Crippen molar-refractivity contribution in [1.29, 1.82) is 0 Å². The van der Waals surface area contributed by atoms with Crippen LogP contribution in [0.4, 0.5) is 11.6 Å². The molecule has 2 atom stereocenters. The van der Waals surface area contributed by atoms with Crippen molar-refractivity contribution in [1.82, 2.24) is 34.9 Å². The predicted molar refractivity (Wildman–Crippen MR) is 220 cm³/mol. The van der Waals surface area contributed by atoms with Gasteiger partial charge in [0.2, 0.25) is 0 Å². The molecule has 2 aliphatic heterocycles. The van der Waals surface area contributed by atoms with E-state index in [-0.39, 0.29) is 11.9 Å². The lowest BCUT2D eigenvalue weighted by atomic mass is 10.00. The molecule has 4 aromatic rings. The summed E-state index contributed by atoms with van der Waals surface area (Å²) in [6.45, 7) is 22.9. The number of rotatable bonds is 18. The van der Waals surface area contributed by atoms with Crippen molar-refractivity contribution in [2.75, 3.05) is 64.4 Å². The van der Waals surface area contributed by atoms with Gasteiger partial charge in [-0.05, 0) is 90.5 Å². The molecule has 2 aromatic heterocycles. The van der Waals surface area contributed by atoms with Crippen LogP contribution < -0.4 is 10.1 Å². The summed E-state index contributed by atoms with van der Waals surface area (Å²) < 4.78 is 25.7. The van der Waals surface area contributed by atoms with Crippen LogP contribution in [0.2, 0.25) is 0 Å². The van der Waals surface area contributed by atoms with Crippen molar-refractivity contribution in [3.05, 3.63) is 64.6 Å². The van der Waals surface area contributed by atoms with E-state index >= 15 is 0 Å². The molecule has 0 saturated carbocycles. The molecule has 2 unspecified atom stereocenters. The Labute approximate surface area is 329 Å². The minimum Gasteiger partial charge on any atom is -0.492 e. The second kappa shape index (κ2) is 18.4. The summed E-state index contributed by atoms with van der Waals surface area (Å²) in [5.74, 6) is 2.10. The van der Waals surface area contributed by atoms with Crippen LogP contribution in [0.3, 0.4) is 0 Å². The van der Waals surface area contributed by atoms with Gasteiger partial charge in [-0.25, -0.2) is 9.97 Å². The van der Waals surface area contributed by atoms with E-state index in [4.69, 9.17) is 9.47 Å². The number of hydrogen-bond acceptors (Lipinski definition) is 10. The van der Waals surface area contributed by atoms with E-state index in [9.17, 15) is 9.00 Å². The molecule has 4 heterocycles. The van der Waals surface area contributed by atoms with Gasteiger partial charge in [-0.15, -0.1) is 0 Å². The molecular formula is C42H60N8O4S. The molecule has 0 bridgehead atoms. The van der Waals surface area contributed by atoms with Gasteiger partial charge in [0.15, 0.2) is 5.82 Å². The molecule has 0 radical (unpaired) electrons. The number of fused-ring (bicyclic) bond motifs is 2. The van der Waals surface area contributed by atoms with E-state index in [0.717, 1.165) is 113 Å². The third-order valence-electron chi connectivity index (χ3n) is 10.9. The Morgan fingerprint density at radius 1 is 0.982 bits per heavy atom. The van der Waals surface area contributed by atoms with E-state index in [1.807, 2.05) is 63.8 Å². The van der Waals surface area contributed by atoms with Crippen LogP contribution in [0, 0.1) is 13.8 Å². The number of ether oxygens (including phenoxy) is 2. The van der Waals surface area contributed by atoms with E-state index in [0.29, 0.717) is 34.4 Å². The highest BCUT2D eigenvalue weighted by Crippen LogP contribution is 2.35. The summed E-state index contributed by atoms with van der Waals surface area (Å²) in [6, 6.07) is 10.3. The number of nitrogens with one attached hydrogen (secondary N) is 2. The fourth-order valence-electron chi connectivity index (χ4n) is 7.42. The van der Waals surface area contributed by atoms with Gasteiger partial charge in [0.05, 0.1) is 34.4 Å². The first-order valence-corrected chi connectivity index (χ1v) is 21.2. The van der Waals surface area contributed by atoms with Gasteiger partial charge in [-0.3, -0.25) is 19.0 Å². The Morgan fingerprint density at radius 3 is 2.45 bits per heavy atom. The van der Waals surface area contributed by atoms with Crippen molar-refractivity contribution >= 4 is 39.2 Å². The average molecular weight is 773 g/mol. The van der Waals surface area contributed by atoms with Crippen LogP contribution in [-0.4, -0.2) is 115 Å². The van der Waals surface area contributed by atoms with E-state index in [2.05, 4.69) is 55.2 Å². The molecule has 2 aliphatic rings. The Balaban J connectivity index is 0.921. The first kappa shape index (κ1) is 40.7. The SMILES string of the molecule is CCCC(C)N1Cc2c(CCCOCCN3CCN(CCCOc4cc5ncnc(Nc6n[nH]c(C)c6C)c5cc4S(=O)C(C)(C)C)CC3)cccc2C1=O. The topological polar surface area (TPSA) is 129 Å². The summed E-state index contributed by atoms with van der Waals surface area (Å²) >= 11 is 0. The third kappa shape index (κ3) is 9.91. The second-order valence-corrected chi connectivity index (χ2v) is 18.2. The van der Waals surface area contributed by atoms with Crippen molar-refractivity contribution in [3.8, 4) is 5.75 Å². The van der Waals surface area contributed by atoms with Crippen molar-refractivity contribution < 1.29 is 18.5 Å². The predicted octanol–water partition coefficient (Wildman–Crippen LogP) is 6.80. The average Bonchev–Trinajstić information content (AvgIpc) is 3.68. The maximum absolute atomic E-state index is 13.8. The van der Waals surface area contributed by atoms with E-state index in [1.165, 1.54) is 17.5 Å². The first-order chi connectivity index (χ1) is 26.4. The van der Waals surface area contributed by atoms with Crippen LogP contribution in [0.1, 0.15) is 93.0 Å². The van der Waals surface area contributed by atoms with Gasteiger partial charge in [0, 0.05) is 91.5 Å². The number of carbonyl (C=O) groups excluding carboxylic acids is 1. The van der Waals surface area contributed by atoms with Crippen LogP contribution in [0.5, 0.6) is 5.75 Å². The number of aryl methyl sites for hydroxylation is 2. The lowest BCUT2D eigenvalue weighted by Crippen LogP contribution is -2.47. The molecule has 2 N–H and O–H groups in total. The Kier molecular flexibility index (Phi) is 13.6. The number of amides is 1. The second-order valence-electron chi connectivity index (χ2n) is 16.0. The number of carbonyl (C=O) groups is 1. The third-order valence-corrected chi connectivity index (χ3v) is 12.7. The summed E-state index contributed by atoms with van der Waals surface area (Å²) in [5.41, 5.74) is 6.09. The number of H-pyrrole nitrogens is 1. The van der Waals surface area contributed by atoms with Crippen LogP contribution >= 0.6 is 0 Å². The summed E-state index contributed by atoms with van der Waals surface area (Å²) in [7, 11) is -1.33. The normalized spacial score (nSPS) is 16.5. The highest BCUT2D eigenvalue weighted by atomic mass is 32.2. The Hall–Kier alpha value is -3.91. The fourth-order valence-corrected chi connectivity index (χ4v) is 8.60. The molecular weight excluding hydrogens is 713 g/mol. The zero-order valence-corrected chi connectivity index (χ0v) is 34.7. The summed E-state index contributed by atoms with van der Waals surface area (Å²) in [5, 5.41) is 11.5. The van der Waals surface area contributed by atoms with Crippen molar-refractivity contribution in [2.45, 2.75) is 103 Å². The molecule has 55 heavy (non-hydrogen) atoms. The van der Waals surface area contributed by atoms with E-state index in [1.54, 1.807) is 0 Å². The van der Waals surface area contributed by atoms with Crippen molar-refractivity contribution in [2.24, 2.45) is 0 Å². The maximum atomic E-state index is 13.8. The van der Waals surface area contributed by atoms with Gasteiger partial charge >= 0.3 is 0 Å². The van der Waals surface area contributed by atoms with Gasteiger partial charge in [0.25, 0.3) is 5.91 Å². The van der Waals surface area contributed by atoms with Crippen LogP contribution in [-0.2, 0) is 28.5 Å². The molecule has 0 spiro atoms. The monoisotopic (exact) mass is 772 g/mol. The minimum atomic E-state index is -1.33. The molecule has 1 fully saturated rings. The lowest BCUT2D eigenvalue weighted by Gasteiger charge is -2.34. The number of anilines is 2. The molecule has 1 saturated heterocycles. The fraction of sp³-hybridized carbons (Fsp3) is 0.571. The first-order valence-electron chi connectivity index (χ1n) is 20.0. The largest absolute Gasteiger partial charge is 0.492 e. The number of hydrogen-bond donors (Lipinski definition) is 2. The van der Waals surface area contributed by atoms with Crippen LogP contribution in [0.15, 0.2) is 41.6 Å². The smallest absolute Gasteiger partial charge is 0.254 e. The molecule has 2 aromatic carbocycles. The lowest BCUT2D eigenvalue weighted by molar-refractivity contribution is 0.0707. The molecule has 12 nitrogen and oxygen atoms in total. The van der Waals surface area contributed by atoms with Gasteiger partial charge in [0.1, 0.15) is 17.9 Å². The number of aromatic nitrogens is 4. The maximum Gasteiger partial charge on any atom is 0.254 e. The van der Waals surface area contributed by atoms with Crippen molar-refractivity contribution in [3.63, 3.8) is 0 Å². The Morgan fingerprint density at radius 2 is 1.75 bits per heavy atom. The highest BCUT2D eigenvalue weighted by molar-refractivity contribution is 7.86. The molecule has 0 aliphatic carbocycles. The van der Waals surface area contributed by atoms with E-state index < -0.39 is 15.5 Å². The van der Waals surface area contributed by atoms with Gasteiger partial charge in [-0.1, -0.05) is 25.5 Å². The molecule has 13 heteroatoms. The minimum absolute atomic E-state index is 0.183. The highest BCUT2D eigenvalue weighted by Gasteiger charge is 2.32. The zero-order valence-electron chi connectivity index (χ0n) is 33.9. The number of piperazine rings is 1. The molecule has 6 rings (SSSR count). The Bertz CT molecular complexity index is 1950. The zero-order chi connectivity index (χ0) is 39.1. The summed E-state index contributed by atoms with van der Waals surface area (Å²) in [6.07, 6.45) is 6.40. The molecule has 1 amide bonds. The number of nitrogens with zero attached hydrogens (tertiary/aromatic N) is 6. The standard InChI is InChI=1S/C42H60N8O4S/c1-8-12-29(2)50-27-35-32(13-9-15-33(35)41(50)51)14-10-22-53-24-21-49-19-17-48(18-20-49)16-11-23-54-37-26-36-34(25-38(37)55(52)42(5,6)7)40(44-28-43-36)45-39-30(3)31(4)46-47-39/h9,13,15,25-26,28-29H,8,10-12,14,16-24,27H2,1-7H3,(H2,43,44,45,46,47). The summed E-state index contributed by atoms with van der Waals surface area (Å²) in [4.78, 5) is 29.7. The quantitative estimate of drug-likeness (QED) is 0.104. The molecule has 298 valence electrons. The number of benzene rings is 2.